The Hall–Kier alpha value is -3.57. The van der Waals surface area contributed by atoms with Gasteiger partial charge in [-0.3, -0.25) is 33.4 Å². The number of imide groups is 1. The Bertz CT molecular complexity index is 1170. The van der Waals surface area contributed by atoms with Crippen molar-refractivity contribution in [2.45, 2.75) is 32.2 Å². The largest absolute Gasteiger partial charge is 0.438 e. The number of urea groups is 1. The summed E-state index contributed by atoms with van der Waals surface area (Å²) in [6.07, 6.45) is -1.85. The lowest BCUT2D eigenvalue weighted by atomic mass is 10.1. The molecule has 2 aliphatic heterocycles. The van der Waals surface area contributed by atoms with E-state index < -0.39 is 64.2 Å². The van der Waals surface area contributed by atoms with E-state index in [-0.39, 0.29) is 28.8 Å². The molecule has 2 aliphatic rings. The number of β-lactam (4-membered cyclic amide) rings is 1. The fourth-order valence-corrected chi connectivity index (χ4v) is 4.97. The lowest BCUT2D eigenvalue weighted by Gasteiger charge is -2.42. The van der Waals surface area contributed by atoms with Gasteiger partial charge in [-0.2, -0.15) is 12.7 Å². The van der Waals surface area contributed by atoms with Crippen molar-refractivity contribution in [2.24, 2.45) is 0 Å². The molecule has 6 amide bonds. The number of esters is 1. The van der Waals surface area contributed by atoms with Crippen LogP contribution in [0.1, 0.15) is 24.8 Å². The van der Waals surface area contributed by atoms with E-state index in [1.165, 1.54) is 11.0 Å². The maximum absolute atomic E-state index is 13.0. The number of nitrogens with zero attached hydrogens (tertiary/aromatic N) is 3. The molecular weight excluding hydrogens is 510 g/mol. The molecule has 15 nitrogen and oxygen atoms in total. The van der Waals surface area contributed by atoms with Gasteiger partial charge < -0.3 is 20.3 Å². The molecule has 3 atom stereocenters. The van der Waals surface area contributed by atoms with Crippen molar-refractivity contribution in [1.82, 2.24) is 24.7 Å². The van der Waals surface area contributed by atoms with Crippen molar-refractivity contribution < 1.29 is 46.5 Å². The molecule has 3 rings (SSSR count). The molecule has 2 saturated heterocycles. The van der Waals surface area contributed by atoms with E-state index >= 15 is 0 Å². The minimum atomic E-state index is -5.09. The van der Waals surface area contributed by atoms with Gasteiger partial charge in [0.2, 0.25) is 12.1 Å². The lowest BCUT2D eigenvalue weighted by Crippen LogP contribution is -2.73. The van der Waals surface area contributed by atoms with Crippen LogP contribution in [-0.4, -0.2) is 94.6 Å². The third-order valence-corrected chi connectivity index (χ3v) is 6.95. The molecule has 35 heavy (non-hydrogen) atoms. The first-order chi connectivity index (χ1) is 16.4. The predicted octanol–water partition coefficient (Wildman–Crippen LogP) is -1.79. The zero-order valence-electron chi connectivity index (χ0n) is 18.4. The molecule has 0 saturated carbocycles. The third-order valence-electron chi connectivity index (χ3n) is 5.13. The molecule has 3 N–H and O–H groups in total. The van der Waals surface area contributed by atoms with Gasteiger partial charge in [0.1, 0.15) is 6.04 Å². The first-order valence-corrected chi connectivity index (χ1v) is 12.4. The first-order valence-electron chi connectivity index (χ1n) is 10.1. The molecule has 0 aromatic carbocycles. The molecule has 0 spiro atoms. The van der Waals surface area contributed by atoms with Gasteiger partial charge in [0.25, 0.3) is 5.91 Å². The van der Waals surface area contributed by atoms with Gasteiger partial charge in [0.15, 0.2) is 6.04 Å². The van der Waals surface area contributed by atoms with Crippen LogP contribution in [0.15, 0.2) is 17.5 Å². The Morgan fingerprint density at radius 2 is 1.91 bits per heavy atom. The second-order valence-electron chi connectivity index (χ2n) is 7.34. The highest BCUT2D eigenvalue weighted by atomic mass is 32.2. The van der Waals surface area contributed by atoms with Gasteiger partial charge in [-0.25, -0.2) is 4.79 Å². The number of carbonyl (C=O) groups is 6. The highest BCUT2D eigenvalue weighted by Gasteiger charge is 2.57. The molecule has 1 aromatic rings. The van der Waals surface area contributed by atoms with Gasteiger partial charge in [-0.05, 0) is 18.4 Å². The second kappa shape index (κ2) is 9.96. The van der Waals surface area contributed by atoms with Gasteiger partial charge in [-0.1, -0.05) is 6.07 Å². The molecular formula is C18H21N5O10S2. The summed E-state index contributed by atoms with van der Waals surface area (Å²) in [4.78, 5) is 76.0. The first kappa shape index (κ1) is 26.0. The Kier molecular flexibility index (Phi) is 7.41. The van der Waals surface area contributed by atoms with Crippen LogP contribution in [-0.2, 0) is 39.0 Å². The molecule has 190 valence electrons. The summed E-state index contributed by atoms with van der Waals surface area (Å²) in [6, 6.07) is -1.13. The number of ether oxygens (including phenoxy) is 1. The lowest BCUT2D eigenvalue weighted by molar-refractivity contribution is -0.179. The van der Waals surface area contributed by atoms with Crippen LogP contribution in [0.4, 0.5) is 4.79 Å². The Morgan fingerprint density at radius 1 is 1.23 bits per heavy atom. The molecule has 0 radical (unpaired) electrons. The molecule has 3 heterocycles. The van der Waals surface area contributed by atoms with Crippen LogP contribution in [0.5, 0.6) is 0 Å². The number of nitrogens with one attached hydrogen (secondary N) is 2. The number of likely N-dealkylation sites (N-methyl/N-ethyl adjacent to an activating group) is 1. The number of thiophene rings is 1. The predicted molar refractivity (Wildman–Crippen MR) is 115 cm³/mol. The molecule has 0 aliphatic carbocycles. The summed E-state index contributed by atoms with van der Waals surface area (Å²) in [7, 11) is -5.09. The maximum Gasteiger partial charge on any atom is 0.365 e. The standard InChI is InChI=1S/C18H21N5O10S2/c1-3-21-6-7-22(16(28)15(21)27)18(29)20-11(10-5-4-8-34-10)13(25)19-12-14(26)23(35(30,31)32)17(12)33-9(2)24/h4-5,8,11-12,17H,3,6-7H2,1-2H3,(H,19,25)(H,20,29)(H,30,31,32)/t11?,12-,17-/m1/s1. The summed E-state index contributed by atoms with van der Waals surface area (Å²) < 4.78 is 36.7. The number of hydrogen-bond donors (Lipinski definition) is 3. The SMILES string of the molecule is CCN1CCN(C(=O)NC(C(=O)N[C@@H]2C(=O)N(S(=O)(=O)O)[C@@H]2OC(C)=O)c2cccs2)C(=O)C1=O. The summed E-state index contributed by atoms with van der Waals surface area (Å²) in [5.74, 6) is -5.22. The van der Waals surface area contributed by atoms with E-state index in [4.69, 9.17) is 4.74 Å². The van der Waals surface area contributed by atoms with E-state index in [1.807, 2.05) is 0 Å². The number of rotatable bonds is 7. The van der Waals surface area contributed by atoms with Crippen LogP contribution in [0.3, 0.4) is 0 Å². The van der Waals surface area contributed by atoms with Gasteiger partial charge in [0, 0.05) is 31.4 Å². The third kappa shape index (κ3) is 5.25. The molecule has 1 unspecified atom stereocenters. The van der Waals surface area contributed by atoms with Crippen molar-refractivity contribution in [3.63, 3.8) is 0 Å². The van der Waals surface area contributed by atoms with Crippen LogP contribution >= 0.6 is 11.3 Å². The fraction of sp³-hybridized carbons (Fsp3) is 0.444. The number of carbonyl (C=O) groups excluding carboxylic acids is 6. The summed E-state index contributed by atoms with van der Waals surface area (Å²) in [6.45, 7) is 2.87. The van der Waals surface area contributed by atoms with E-state index in [2.05, 4.69) is 10.6 Å². The summed E-state index contributed by atoms with van der Waals surface area (Å²) in [5, 5.41) is 6.11. The zero-order chi connectivity index (χ0) is 26.1. The molecule has 17 heteroatoms. The average molecular weight is 532 g/mol. The average Bonchev–Trinajstić information content (AvgIpc) is 3.30. The Balaban J connectivity index is 1.78. The van der Waals surface area contributed by atoms with Crippen LogP contribution in [0, 0.1) is 0 Å². The number of hydrogen-bond acceptors (Lipinski definition) is 10. The van der Waals surface area contributed by atoms with Crippen LogP contribution in [0.2, 0.25) is 0 Å². The Labute approximate surface area is 202 Å². The minimum absolute atomic E-state index is 0.108. The quantitative estimate of drug-likeness (QED) is 0.156. The number of amides is 6. The van der Waals surface area contributed by atoms with E-state index in [9.17, 15) is 41.7 Å². The zero-order valence-corrected chi connectivity index (χ0v) is 20.0. The van der Waals surface area contributed by atoms with Crippen LogP contribution in [0.25, 0.3) is 0 Å². The van der Waals surface area contributed by atoms with Crippen molar-refractivity contribution >= 4 is 57.3 Å². The van der Waals surface area contributed by atoms with Gasteiger partial charge in [0.05, 0.1) is 0 Å². The molecule has 1 aromatic heterocycles. The normalized spacial score (nSPS) is 21.3. The van der Waals surface area contributed by atoms with Crippen molar-refractivity contribution in [3.8, 4) is 0 Å². The van der Waals surface area contributed by atoms with Gasteiger partial charge in [-0.15, -0.1) is 11.3 Å². The van der Waals surface area contributed by atoms with Gasteiger partial charge >= 0.3 is 34.1 Å². The van der Waals surface area contributed by atoms with Crippen molar-refractivity contribution in [3.05, 3.63) is 22.4 Å². The maximum atomic E-state index is 13.0. The smallest absolute Gasteiger partial charge is 0.365 e. The highest BCUT2D eigenvalue weighted by molar-refractivity contribution is 7.84. The monoisotopic (exact) mass is 531 g/mol. The summed E-state index contributed by atoms with van der Waals surface area (Å²) >= 11 is 1.05. The van der Waals surface area contributed by atoms with Crippen molar-refractivity contribution in [1.29, 1.82) is 0 Å². The summed E-state index contributed by atoms with van der Waals surface area (Å²) in [5.41, 5.74) is 0. The molecule has 0 bridgehead atoms. The minimum Gasteiger partial charge on any atom is -0.438 e. The van der Waals surface area contributed by atoms with E-state index in [0.29, 0.717) is 4.90 Å². The highest BCUT2D eigenvalue weighted by Crippen LogP contribution is 2.27. The second-order valence-corrected chi connectivity index (χ2v) is 9.61. The van der Waals surface area contributed by atoms with Crippen LogP contribution < -0.4 is 10.6 Å². The van der Waals surface area contributed by atoms with E-state index in [0.717, 1.165) is 18.3 Å². The number of piperazine rings is 1. The van der Waals surface area contributed by atoms with Crippen molar-refractivity contribution in [2.75, 3.05) is 19.6 Å². The van der Waals surface area contributed by atoms with E-state index in [1.54, 1.807) is 18.4 Å². The Morgan fingerprint density at radius 3 is 2.46 bits per heavy atom. The molecule has 2 fully saturated rings. The topological polar surface area (TPSA) is 200 Å². The fourth-order valence-electron chi connectivity index (χ4n) is 3.43.